The monoisotopic (exact) mass is 217 g/mol. The summed E-state index contributed by atoms with van der Waals surface area (Å²) in [5, 5.41) is 3.27. The van der Waals surface area contributed by atoms with Crippen molar-refractivity contribution < 1.29 is 9.53 Å². The van der Waals surface area contributed by atoms with E-state index in [0.717, 1.165) is 30.9 Å². The van der Waals surface area contributed by atoms with Gasteiger partial charge < -0.3 is 10.1 Å². The van der Waals surface area contributed by atoms with Crippen LogP contribution in [-0.4, -0.2) is 37.2 Å². The average molecular weight is 217 g/mol. The van der Waals surface area contributed by atoms with Crippen LogP contribution in [0.1, 0.15) is 19.8 Å². The molecule has 0 aromatic rings. The van der Waals surface area contributed by atoms with Crippen molar-refractivity contribution in [2.45, 2.75) is 25.8 Å². The van der Waals surface area contributed by atoms with E-state index in [4.69, 9.17) is 4.74 Å². The second kappa shape index (κ2) is 6.30. The van der Waals surface area contributed by atoms with Crippen LogP contribution in [0.15, 0.2) is 0 Å². The molecule has 1 fully saturated rings. The minimum Gasteiger partial charge on any atom is -0.468 e. The maximum absolute atomic E-state index is 11.4. The van der Waals surface area contributed by atoms with Gasteiger partial charge in [-0.3, -0.25) is 4.79 Å². The van der Waals surface area contributed by atoms with Gasteiger partial charge in [0.25, 0.3) is 0 Å². The summed E-state index contributed by atoms with van der Waals surface area (Å²) >= 11 is 1.89. The average Bonchev–Trinajstić information content (AvgIpc) is 3.01. The van der Waals surface area contributed by atoms with Crippen molar-refractivity contribution in [2.24, 2.45) is 5.92 Å². The van der Waals surface area contributed by atoms with Crippen molar-refractivity contribution in [3.05, 3.63) is 0 Å². The van der Waals surface area contributed by atoms with Gasteiger partial charge in [0, 0.05) is 12.3 Å². The van der Waals surface area contributed by atoms with Crippen LogP contribution in [0.5, 0.6) is 0 Å². The smallest absolute Gasteiger partial charge is 0.323 e. The van der Waals surface area contributed by atoms with Crippen LogP contribution in [0.4, 0.5) is 0 Å². The minimum atomic E-state index is -0.103. The Labute approximate surface area is 90.0 Å². The van der Waals surface area contributed by atoms with Crippen LogP contribution in [0, 0.1) is 5.92 Å². The molecule has 0 spiro atoms. The highest BCUT2D eigenvalue weighted by Gasteiger charge is 2.36. The quantitative estimate of drug-likeness (QED) is 0.515. The van der Waals surface area contributed by atoms with Gasteiger partial charge in [0.1, 0.15) is 6.04 Å². The molecule has 1 aliphatic rings. The van der Waals surface area contributed by atoms with Gasteiger partial charge in [-0.2, -0.15) is 11.8 Å². The molecule has 0 bridgehead atoms. The van der Waals surface area contributed by atoms with Crippen LogP contribution >= 0.6 is 11.8 Å². The Hall–Kier alpha value is -0.220. The summed E-state index contributed by atoms with van der Waals surface area (Å²) in [6, 6.07) is -0.0579. The summed E-state index contributed by atoms with van der Waals surface area (Å²) in [6.07, 6.45) is 2.32. The van der Waals surface area contributed by atoms with E-state index in [9.17, 15) is 4.79 Å². The zero-order valence-electron chi connectivity index (χ0n) is 8.91. The molecule has 0 aromatic heterocycles. The second-order valence-corrected chi connectivity index (χ2v) is 4.88. The van der Waals surface area contributed by atoms with E-state index >= 15 is 0 Å². The fourth-order valence-corrected chi connectivity index (χ4v) is 1.98. The molecule has 1 aliphatic carbocycles. The normalized spacial score (nSPS) is 17.9. The van der Waals surface area contributed by atoms with Gasteiger partial charge in [-0.25, -0.2) is 0 Å². The van der Waals surface area contributed by atoms with Crippen molar-refractivity contribution >= 4 is 17.7 Å². The number of esters is 1. The molecule has 0 saturated heterocycles. The lowest BCUT2D eigenvalue weighted by Crippen LogP contribution is -2.40. The molecule has 82 valence electrons. The van der Waals surface area contributed by atoms with Crippen molar-refractivity contribution in [2.75, 3.05) is 25.2 Å². The molecule has 1 rings (SSSR count). The number of methoxy groups -OCH3 is 1. The zero-order chi connectivity index (χ0) is 10.4. The summed E-state index contributed by atoms with van der Waals surface area (Å²) < 4.78 is 4.76. The Morgan fingerprint density at radius 2 is 2.36 bits per heavy atom. The topological polar surface area (TPSA) is 38.3 Å². The highest BCUT2D eigenvalue weighted by Crippen LogP contribution is 2.33. The first kappa shape index (κ1) is 11.9. The fraction of sp³-hybridized carbons (Fsp3) is 0.900. The number of carbonyl (C=O) groups excluding carboxylic acids is 1. The molecule has 1 N–H and O–H groups in total. The predicted molar refractivity (Wildman–Crippen MR) is 59.5 cm³/mol. The third-order valence-electron chi connectivity index (χ3n) is 2.36. The summed E-state index contributed by atoms with van der Waals surface area (Å²) in [7, 11) is 1.46. The minimum absolute atomic E-state index is 0.0579. The van der Waals surface area contributed by atoms with Gasteiger partial charge in [-0.15, -0.1) is 0 Å². The Kier molecular flexibility index (Phi) is 5.33. The zero-order valence-corrected chi connectivity index (χ0v) is 9.73. The number of nitrogens with one attached hydrogen (secondary N) is 1. The molecule has 1 unspecified atom stereocenters. The molecule has 0 radical (unpaired) electrons. The van der Waals surface area contributed by atoms with Gasteiger partial charge in [-0.05, 0) is 24.5 Å². The fourth-order valence-electron chi connectivity index (χ4n) is 1.43. The predicted octanol–water partition coefficient (Wildman–Crippen LogP) is 1.28. The lowest BCUT2D eigenvalue weighted by atomic mass is 10.2. The number of rotatable bonds is 7. The third kappa shape index (κ3) is 3.88. The van der Waals surface area contributed by atoms with Crippen molar-refractivity contribution in [3.63, 3.8) is 0 Å². The van der Waals surface area contributed by atoms with Crippen molar-refractivity contribution in [1.29, 1.82) is 0 Å². The molecular formula is C10H19NO2S. The molecule has 0 amide bonds. The first-order valence-electron chi connectivity index (χ1n) is 5.18. The molecule has 0 aliphatic heterocycles. The van der Waals surface area contributed by atoms with Crippen LogP contribution in [0.2, 0.25) is 0 Å². The third-order valence-corrected chi connectivity index (χ3v) is 3.26. The largest absolute Gasteiger partial charge is 0.468 e. The second-order valence-electron chi connectivity index (χ2n) is 3.49. The highest BCUT2D eigenvalue weighted by molar-refractivity contribution is 7.99. The van der Waals surface area contributed by atoms with Crippen LogP contribution in [-0.2, 0) is 9.53 Å². The van der Waals surface area contributed by atoms with E-state index in [1.54, 1.807) is 0 Å². The maximum atomic E-state index is 11.4. The first-order valence-corrected chi connectivity index (χ1v) is 6.34. The standard InChI is InChI=1S/C10H19NO2S/c1-3-14-7-6-11-9(8-4-5-8)10(12)13-2/h8-9,11H,3-7H2,1-2H3. The van der Waals surface area contributed by atoms with Crippen molar-refractivity contribution in [1.82, 2.24) is 5.32 Å². The number of hydrogen-bond acceptors (Lipinski definition) is 4. The van der Waals surface area contributed by atoms with Gasteiger partial charge in [0.2, 0.25) is 0 Å². The van der Waals surface area contributed by atoms with E-state index in [1.165, 1.54) is 7.11 Å². The van der Waals surface area contributed by atoms with Crippen molar-refractivity contribution in [3.8, 4) is 0 Å². The van der Waals surface area contributed by atoms with E-state index < -0.39 is 0 Å². The molecule has 1 atom stereocenters. The van der Waals surface area contributed by atoms with Crippen LogP contribution < -0.4 is 5.32 Å². The Morgan fingerprint density at radius 1 is 1.64 bits per heavy atom. The van der Waals surface area contributed by atoms with Gasteiger partial charge in [-0.1, -0.05) is 6.92 Å². The Bertz CT molecular complexity index is 183. The highest BCUT2D eigenvalue weighted by atomic mass is 32.2. The Morgan fingerprint density at radius 3 is 2.86 bits per heavy atom. The molecule has 0 heterocycles. The summed E-state index contributed by atoms with van der Waals surface area (Å²) in [5.74, 6) is 2.62. The van der Waals surface area contributed by atoms with E-state index in [0.29, 0.717) is 5.92 Å². The number of thioether (sulfide) groups is 1. The van der Waals surface area contributed by atoms with Gasteiger partial charge in [0.05, 0.1) is 7.11 Å². The lowest BCUT2D eigenvalue weighted by molar-refractivity contribution is -0.143. The van der Waals surface area contributed by atoms with E-state index in [1.807, 2.05) is 11.8 Å². The molecule has 0 aromatic carbocycles. The number of ether oxygens (including phenoxy) is 1. The summed E-state index contributed by atoms with van der Waals surface area (Å²) in [6.45, 7) is 3.04. The molecule has 1 saturated carbocycles. The SMILES string of the molecule is CCSCCNC(C(=O)OC)C1CC1. The maximum Gasteiger partial charge on any atom is 0.323 e. The molecule has 3 nitrogen and oxygen atoms in total. The number of carbonyl (C=O) groups is 1. The van der Waals surface area contributed by atoms with E-state index in [-0.39, 0.29) is 12.0 Å². The van der Waals surface area contributed by atoms with Gasteiger partial charge >= 0.3 is 5.97 Å². The van der Waals surface area contributed by atoms with E-state index in [2.05, 4.69) is 12.2 Å². The van der Waals surface area contributed by atoms with Gasteiger partial charge in [0.15, 0.2) is 0 Å². The Balaban J connectivity index is 2.18. The first-order chi connectivity index (χ1) is 6.79. The number of hydrogen-bond donors (Lipinski definition) is 1. The molecule has 4 heteroatoms. The lowest BCUT2D eigenvalue weighted by Gasteiger charge is -2.15. The molecule has 14 heavy (non-hydrogen) atoms. The summed E-state index contributed by atoms with van der Waals surface area (Å²) in [5.41, 5.74) is 0. The molecular weight excluding hydrogens is 198 g/mol. The summed E-state index contributed by atoms with van der Waals surface area (Å²) in [4.78, 5) is 11.4. The van der Waals surface area contributed by atoms with Crippen LogP contribution in [0.3, 0.4) is 0 Å². The van der Waals surface area contributed by atoms with Crippen LogP contribution in [0.25, 0.3) is 0 Å².